The van der Waals surface area contributed by atoms with E-state index in [0.29, 0.717) is 23.4 Å². The Morgan fingerprint density at radius 1 is 1.36 bits per heavy atom. The fourth-order valence-corrected chi connectivity index (χ4v) is 3.16. The molecule has 5 nitrogen and oxygen atoms in total. The molecule has 1 saturated carbocycles. The Morgan fingerprint density at radius 2 is 2.05 bits per heavy atom. The van der Waals surface area contributed by atoms with Gasteiger partial charge in [0, 0.05) is 24.7 Å². The predicted octanol–water partition coefficient (Wildman–Crippen LogP) is 3.03. The summed E-state index contributed by atoms with van der Waals surface area (Å²) in [6.45, 7) is 7.23. The molecule has 0 radical (unpaired) electrons. The van der Waals surface area contributed by atoms with E-state index in [1.54, 1.807) is 0 Å². The number of hydrogen-bond donors (Lipinski definition) is 2. The molecule has 0 aromatic carbocycles. The first-order chi connectivity index (χ1) is 10.5. The molecule has 1 fully saturated rings. The van der Waals surface area contributed by atoms with Gasteiger partial charge in [-0.2, -0.15) is 5.06 Å². The molecule has 1 heterocycles. The van der Waals surface area contributed by atoms with Crippen molar-refractivity contribution in [3.05, 3.63) is 22.9 Å². The van der Waals surface area contributed by atoms with Gasteiger partial charge in [0.25, 0.3) is 5.91 Å². The van der Waals surface area contributed by atoms with Gasteiger partial charge in [-0.15, -0.1) is 0 Å². The van der Waals surface area contributed by atoms with E-state index in [9.17, 15) is 10.0 Å². The summed E-state index contributed by atoms with van der Waals surface area (Å²) in [6, 6.07) is 0. The summed E-state index contributed by atoms with van der Waals surface area (Å²) in [6.07, 6.45) is 7.91. The molecule has 0 spiro atoms. The van der Waals surface area contributed by atoms with Crippen molar-refractivity contribution >= 4 is 11.7 Å². The minimum Gasteiger partial charge on any atom is -0.384 e. The van der Waals surface area contributed by atoms with Gasteiger partial charge >= 0.3 is 0 Å². The van der Waals surface area contributed by atoms with Gasteiger partial charge in [0.15, 0.2) is 5.84 Å². The largest absolute Gasteiger partial charge is 0.384 e. The van der Waals surface area contributed by atoms with Crippen LogP contribution in [-0.4, -0.2) is 35.1 Å². The van der Waals surface area contributed by atoms with Gasteiger partial charge in [0.05, 0.1) is 5.70 Å². The lowest BCUT2D eigenvalue weighted by Crippen LogP contribution is -2.41. The highest BCUT2D eigenvalue weighted by Crippen LogP contribution is 2.25. The van der Waals surface area contributed by atoms with Gasteiger partial charge in [-0.1, -0.05) is 24.8 Å². The van der Waals surface area contributed by atoms with Gasteiger partial charge in [-0.3, -0.25) is 15.0 Å². The Hall–Kier alpha value is -1.62. The first-order valence-corrected chi connectivity index (χ1v) is 8.25. The van der Waals surface area contributed by atoms with Crippen molar-refractivity contribution in [1.29, 1.82) is 0 Å². The number of rotatable bonds is 4. The maximum atomic E-state index is 12.0. The van der Waals surface area contributed by atoms with Crippen molar-refractivity contribution in [2.45, 2.75) is 52.9 Å². The second-order valence-corrected chi connectivity index (χ2v) is 6.27. The Morgan fingerprint density at radius 3 is 2.64 bits per heavy atom. The van der Waals surface area contributed by atoms with Crippen molar-refractivity contribution < 1.29 is 10.0 Å². The maximum Gasteiger partial charge on any atom is 0.278 e. The third-order valence-corrected chi connectivity index (χ3v) is 4.28. The smallest absolute Gasteiger partial charge is 0.278 e. The molecule has 0 bridgehead atoms. The first-order valence-electron chi connectivity index (χ1n) is 8.25. The Labute approximate surface area is 132 Å². The summed E-state index contributed by atoms with van der Waals surface area (Å²) < 4.78 is 0. The van der Waals surface area contributed by atoms with E-state index < -0.39 is 5.91 Å². The lowest BCUT2D eigenvalue weighted by atomic mass is 9.89. The van der Waals surface area contributed by atoms with Gasteiger partial charge < -0.3 is 5.32 Å². The topological polar surface area (TPSA) is 64.9 Å². The standard InChI is InChI=1S/C17H27N3O2/c1-4-18-17-16(12(2)3)14(10-15(21)20(17)22)19-11-13-8-6-5-7-9-13/h10,13,19,22H,4-9,11H2,1-3H3. The maximum absolute atomic E-state index is 12.0. The van der Waals surface area contributed by atoms with E-state index in [4.69, 9.17) is 0 Å². The third-order valence-electron chi connectivity index (χ3n) is 4.28. The summed E-state index contributed by atoms with van der Waals surface area (Å²) in [4.78, 5) is 16.3. The Bertz CT molecular complexity index is 510. The molecule has 2 N–H and O–H groups in total. The molecule has 0 saturated heterocycles. The number of allylic oxidation sites excluding steroid dienone is 1. The fraction of sp³-hybridized carbons (Fsp3) is 0.647. The van der Waals surface area contributed by atoms with Gasteiger partial charge in [-0.25, -0.2) is 0 Å². The lowest BCUT2D eigenvalue weighted by molar-refractivity contribution is -0.143. The van der Waals surface area contributed by atoms with E-state index in [-0.39, 0.29) is 0 Å². The van der Waals surface area contributed by atoms with Crippen LogP contribution in [0, 0.1) is 5.92 Å². The predicted molar refractivity (Wildman–Crippen MR) is 87.6 cm³/mol. The Kier molecular flexibility index (Phi) is 5.77. The summed E-state index contributed by atoms with van der Waals surface area (Å²) in [5.41, 5.74) is 2.65. The van der Waals surface area contributed by atoms with Crippen LogP contribution in [0.25, 0.3) is 0 Å². The summed E-state index contributed by atoms with van der Waals surface area (Å²) in [5, 5.41) is 14.0. The molecule has 0 unspecified atom stereocenters. The first kappa shape index (κ1) is 16.7. The third kappa shape index (κ3) is 3.77. The highest BCUT2D eigenvalue weighted by atomic mass is 16.5. The molecule has 2 aliphatic rings. The van der Waals surface area contributed by atoms with Crippen molar-refractivity contribution in [1.82, 2.24) is 10.4 Å². The van der Waals surface area contributed by atoms with Crippen molar-refractivity contribution in [3.63, 3.8) is 0 Å². The quantitative estimate of drug-likeness (QED) is 0.785. The molecule has 1 aliphatic carbocycles. The summed E-state index contributed by atoms with van der Waals surface area (Å²) >= 11 is 0. The molecular weight excluding hydrogens is 278 g/mol. The van der Waals surface area contributed by atoms with Crippen LogP contribution in [-0.2, 0) is 4.79 Å². The van der Waals surface area contributed by atoms with E-state index in [1.807, 2.05) is 20.8 Å². The minimum atomic E-state index is -0.441. The molecule has 1 aliphatic heterocycles. The number of carbonyl (C=O) groups excluding carboxylic acids is 1. The molecule has 122 valence electrons. The number of hydrogen-bond acceptors (Lipinski definition) is 4. The second kappa shape index (κ2) is 7.58. The normalized spacial score (nSPS) is 22.1. The van der Waals surface area contributed by atoms with E-state index in [0.717, 1.165) is 23.4 Å². The second-order valence-electron chi connectivity index (χ2n) is 6.27. The van der Waals surface area contributed by atoms with Crippen LogP contribution < -0.4 is 5.32 Å². The van der Waals surface area contributed by atoms with E-state index in [1.165, 1.54) is 38.2 Å². The number of nitrogens with one attached hydrogen (secondary N) is 1. The average molecular weight is 305 g/mol. The van der Waals surface area contributed by atoms with E-state index in [2.05, 4.69) is 10.3 Å². The monoisotopic (exact) mass is 305 g/mol. The number of carbonyl (C=O) groups is 1. The molecule has 2 rings (SSSR count). The number of hydroxylamine groups is 2. The highest BCUT2D eigenvalue weighted by Gasteiger charge is 2.29. The number of aliphatic imine (C=N–C) groups is 1. The van der Waals surface area contributed by atoms with Crippen LogP contribution in [0.5, 0.6) is 0 Å². The van der Waals surface area contributed by atoms with Crippen LogP contribution >= 0.6 is 0 Å². The summed E-state index contributed by atoms with van der Waals surface area (Å²) in [5.74, 6) is 0.575. The zero-order valence-corrected chi connectivity index (χ0v) is 13.9. The van der Waals surface area contributed by atoms with Crippen LogP contribution in [0.1, 0.15) is 52.9 Å². The molecule has 5 heteroatoms. The number of amidine groups is 1. The Balaban J connectivity index is 2.19. The number of amides is 1. The lowest BCUT2D eigenvalue weighted by Gasteiger charge is -2.29. The molecule has 22 heavy (non-hydrogen) atoms. The zero-order chi connectivity index (χ0) is 16.1. The van der Waals surface area contributed by atoms with Crippen LogP contribution in [0.4, 0.5) is 0 Å². The molecule has 0 atom stereocenters. The molecular formula is C17H27N3O2. The fourth-order valence-electron chi connectivity index (χ4n) is 3.16. The average Bonchev–Trinajstić information content (AvgIpc) is 2.50. The van der Waals surface area contributed by atoms with Crippen LogP contribution in [0.2, 0.25) is 0 Å². The van der Waals surface area contributed by atoms with E-state index >= 15 is 0 Å². The molecule has 1 amide bonds. The van der Waals surface area contributed by atoms with Crippen LogP contribution in [0.3, 0.4) is 0 Å². The SMILES string of the molecule is CCN=C1C(=C(C)C)C(NCC2CCCCC2)=CC(=O)N1O. The summed E-state index contributed by atoms with van der Waals surface area (Å²) in [7, 11) is 0. The molecule has 0 aromatic heterocycles. The van der Waals surface area contributed by atoms with Crippen molar-refractivity contribution in [3.8, 4) is 0 Å². The van der Waals surface area contributed by atoms with Gasteiger partial charge in [0.1, 0.15) is 0 Å². The highest BCUT2D eigenvalue weighted by molar-refractivity contribution is 6.15. The van der Waals surface area contributed by atoms with Crippen molar-refractivity contribution in [2.75, 3.05) is 13.1 Å². The van der Waals surface area contributed by atoms with Crippen LogP contribution in [0.15, 0.2) is 27.9 Å². The molecule has 0 aromatic rings. The van der Waals surface area contributed by atoms with Gasteiger partial charge in [0.2, 0.25) is 0 Å². The zero-order valence-electron chi connectivity index (χ0n) is 13.9. The minimum absolute atomic E-state index is 0.348. The number of nitrogens with zero attached hydrogens (tertiary/aromatic N) is 2. The van der Waals surface area contributed by atoms with Crippen molar-refractivity contribution in [2.24, 2.45) is 10.9 Å². The van der Waals surface area contributed by atoms with Gasteiger partial charge in [-0.05, 0) is 39.5 Å².